The summed E-state index contributed by atoms with van der Waals surface area (Å²) >= 11 is 0. The Bertz CT molecular complexity index is 426. The van der Waals surface area contributed by atoms with Crippen molar-refractivity contribution >= 4 is 11.6 Å². The molecule has 20 heavy (non-hydrogen) atoms. The average Bonchev–Trinajstić information content (AvgIpc) is 2.42. The second-order valence-electron chi connectivity index (χ2n) is 5.29. The summed E-state index contributed by atoms with van der Waals surface area (Å²) in [5.74, 6) is 0.610. The van der Waals surface area contributed by atoms with E-state index in [0.29, 0.717) is 24.6 Å². The van der Waals surface area contributed by atoms with Crippen molar-refractivity contribution in [2.75, 3.05) is 11.9 Å². The predicted octanol–water partition coefficient (Wildman–Crippen LogP) is 3.18. The van der Waals surface area contributed by atoms with Crippen molar-refractivity contribution in [3.8, 4) is 5.75 Å². The Kier molecular flexibility index (Phi) is 7.09. The molecule has 0 aliphatic carbocycles. The van der Waals surface area contributed by atoms with Crippen LogP contribution < -0.4 is 11.1 Å². The minimum atomic E-state index is -0.0518. The molecule has 4 N–H and O–H groups in total. The number of aryl methyl sites for hydroxylation is 1. The van der Waals surface area contributed by atoms with Gasteiger partial charge in [0.1, 0.15) is 5.75 Å². The summed E-state index contributed by atoms with van der Waals surface area (Å²) in [4.78, 5) is 11.9. The SMILES string of the molecule is CCCC(CCN)CCC(=O)Nc1cccc(C)c1O. The Morgan fingerprint density at radius 2 is 2.10 bits per heavy atom. The van der Waals surface area contributed by atoms with Crippen molar-refractivity contribution in [1.29, 1.82) is 0 Å². The van der Waals surface area contributed by atoms with E-state index in [1.807, 2.05) is 19.1 Å². The number of nitrogens with two attached hydrogens (primary N) is 1. The second kappa shape index (κ2) is 8.59. The zero-order valence-electron chi connectivity index (χ0n) is 12.5. The average molecular weight is 278 g/mol. The van der Waals surface area contributed by atoms with Gasteiger partial charge in [0.15, 0.2) is 0 Å². The Balaban J connectivity index is 2.48. The third kappa shape index (κ3) is 5.21. The molecule has 4 heteroatoms. The van der Waals surface area contributed by atoms with Gasteiger partial charge in [-0.05, 0) is 43.9 Å². The van der Waals surface area contributed by atoms with E-state index < -0.39 is 0 Å². The molecule has 1 rings (SSSR count). The lowest BCUT2D eigenvalue weighted by Crippen LogP contribution is -2.15. The number of nitrogens with one attached hydrogen (secondary N) is 1. The Labute approximate surface area is 121 Å². The number of anilines is 1. The first-order valence-electron chi connectivity index (χ1n) is 7.37. The molecule has 112 valence electrons. The summed E-state index contributed by atoms with van der Waals surface area (Å²) in [6, 6.07) is 5.34. The lowest BCUT2D eigenvalue weighted by molar-refractivity contribution is -0.116. The highest BCUT2D eigenvalue weighted by Gasteiger charge is 2.12. The molecule has 0 saturated heterocycles. The number of hydrogen-bond acceptors (Lipinski definition) is 3. The molecule has 0 saturated carbocycles. The van der Waals surface area contributed by atoms with Crippen LogP contribution in [0, 0.1) is 12.8 Å². The molecule has 0 aromatic heterocycles. The third-order valence-corrected chi connectivity index (χ3v) is 3.56. The molecule has 1 aromatic carbocycles. The quantitative estimate of drug-likeness (QED) is 0.639. The van der Waals surface area contributed by atoms with E-state index in [4.69, 9.17) is 5.73 Å². The van der Waals surface area contributed by atoms with E-state index in [-0.39, 0.29) is 11.7 Å². The summed E-state index contributed by atoms with van der Waals surface area (Å²) < 4.78 is 0. The zero-order valence-corrected chi connectivity index (χ0v) is 12.5. The molecule has 0 spiro atoms. The third-order valence-electron chi connectivity index (χ3n) is 3.56. The van der Waals surface area contributed by atoms with Crippen LogP contribution in [0.3, 0.4) is 0 Å². The van der Waals surface area contributed by atoms with Crippen molar-refractivity contribution in [3.63, 3.8) is 0 Å². The molecule has 1 aromatic rings. The molecule has 4 nitrogen and oxygen atoms in total. The lowest BCUT2D eigenvalue weighted by Gasteiger charge is -2.15. The molecule has 0 aliphatic rings. The van der Waals surface area contributed by atoms with Crippen LogP contribution in [0.25, 0.3) is 0 Å². The van der Waals surface area contributed by atoms with Crippen LogP contribution in [0.4, 0.5) is 5.69 Å². The van der Waals surface area contributed by atoms with Crippen LogP contribution >= 0.6 is 0 Å². The van der Waals surface area contributed by atoms with E-state index >= 15 is 0 Å². The van der Waals surface area contributed by atoms with Crippen LogP contribution in [0.2, 0.25) is 0 Å². The highest BCUT2D eigenvalue weighted by Crippen LogP contribution is 2.27. The molecular formula is C16H26N2O2. The zero-order chi connectivity index (χ0) is 15.0. The lowest BCUT2D eigenvalue weighted by atomic mass is 9.94. The fourth-order valence-electron chi connectivity index (χ4n) is 2.38. The molecule has 0 radical (unpaired) electrons. The molecule has 0 aliphatic heterocycles. The van der Waals surface area contributed by atoms with Crippen LogP contribution in [0.5, 0.6) is 5.75 Å². The molecular weight excluding hydrogens is 252 g/mol. The first kappa shape index (κ1) is 16.5. The van der Waals surface area contributed by atoms with E-state index in [9.17, 15) is 9.90 Å². The van der Waals surface area contributed by atoms with E-state index in [1.54, 1.807) is 6.07 Å². The molecule has 0 fully saturated rings. The number of hydrogen-bond donors (Lipinski definition) is 3. The standard InChI is InChI=1S/C16H26N2O2/c1-3-5-13(10-11-17)8-9-15(19)18-14-7-4-6-12(2)16(14)20/h4,6-7,13,20H,3,5,8-11,17H2,1-2H3,(H,18,19). The molecule has 0 bridgehead atoms. The van der Waals surface area contributed by atoms with Crippen LogP contribution in [-0.2, 0) is 4.79 Å². The summed E-state index contributed by atoms with van der Waals surface area (Å²) in [6.45, 7) is 4.63. The maximum Gasteiger partial charge on any atom is 0.224 e. The number of rotatable bonds is 8. The van der Waals surface area contributed by atoms with Gasteiger partial charge in [-0.25, -0.2) is 0 Å². The molecule has 1 amide bonds. The number of phenolic OH excluding ortho intramolecular Hbond substituents is 1. The predicted molar refractivity (Wildman–Crippen MR) is 82.8 cm³/mol. The number of carbonyl (C=O) groups excluding carboxylic acids is 1. The van der Waals surface area contributed by atoms with Gasteiger partial charge in [-0.15, -0.1) is 0 Å². The van der Waals surface area contributed by atoms with E-state index in [1.165, 1.54) is 0 Å². The topological polar surface area (TPSA) is 75.4 Å². The first-order valence-corrected chi connectivity index (χ1v) is 7.37. The molecule has 1 unspecified atom stereocenters. The van der Waals surface area contributed by atoms with Crippen molar-refractivity contribution in [2.24, 2.45) is 11.7 Å². The van der Waals surface area contributed by atoms with Gasteiger partial charge in [0.25, 0.3) is 0 Å². The normalized spacial score (nSPS) is 12.2. The minimum Gasteiger partial charge on any atom is -0.505 e. The van der Waals surface area contributed by atoms with Gasteiger partial charge in [-0.3, -0.25) is 4.79 Å². The Hall–Kier alpha value is -1.55. The van der Waals surface area contributed by atoms with Crippen molar-refractivity contribution in [3.05, 3.63) is 23.8 Å². The minimum absolute atomic E-state index is 0.0518. The van der Waals surface area contributed by atoms with Gasteiger partial charge < -0.3 is 16.2 Å². The summed E-state index contributed by atoms with van der Waals surface area (Å²) in [5, 5.41) is 12.6. The van der Waals surface area contributed by atoms with Crippen LogP contribution in [0.1, 0.15) is 44.6 Å². The Morgan fingerprint density at radius 1 is 1.35 bits per heavy atom. The maximum atomic E-state index is 11.9. The maximum absolute atomic E-state index is 11.9. The van der Waals surface area contributed by atoms with Crippen molar-refractivity contribution in [2.45, 2.75) is 46.0 Å². The van der Waals surface area contributed by atoms with Gasteiger partial charge in [0.05, 0.1) is 5.69 Å². The fourth-order valence-corrected chi connectivity index (χ4v) is 2.38. The summed E-state index contributed by atoms with van der Waals surface area (Å²) in [7, 11) is 0. The number of aromatic hydroxyl groups is 1. The number of para-hydroxylation sites is 1. The smallest absolute Gasteiger partial charge is 0.224 e. The Morgan fingerprint density at radius 3 is 2.75 bits per heavy atom. The highest BCUT2D eigenvalue weighted by atomic mass is 16.3. The number of amides is 1. The number of carbonyl (C=O) groups is 1. The van der Waals surface area contributed by atoms with Crippen molar-refractivity contribution in [1.82, 2.24) is 0 Å². The van der Waals surface area contributed by atoms with E-state index in [0.717, 1.165) is 31.2 Å². The second-order valence-corrected chi connectivity index (χ2v) is 5.29. The van der Waals surface area contributed by atoms with Gasteiger partial charge in [-0.1, -0.05) is 31.9 Å². The number of phenols is 1. The van der Waals surface area contributed by atoms with Gasteiger partial charge in [-0.2, -0.15) is 0 Å². The van der Waals surface area contributed by atoms with Gasteiger partial charge >= 0.3 is 0 Å². The van der Waals surface area contributed by atoms with Gasteiger partial charge in [0, 0.05) is 6.42 Å². The molecule has 0 heterocycles. The van der Waals surface area contributed by atoms with E-state index in [2.05, 4.69) is 12.2 Å². The van der Waals surface area contributed by atoms with Crippen molar-refractivity contribution < 1.29 is 9.90 Å². The highest BCUT2D eigenvalue weighted by molar-refractivity contribution is 5.92. The molecule has 1 atom stereocenters. The largest absolute Gasteiger partial charge is 0.505 e. The fraction of sp³-hybridized carbons (Fsp3) is 0.562. The van der Waals surface area contributed by atoms with Crippen LogP contribution in [-0.4, -0.2) is 17.6 Å². The van der Waals surface area contributed by atoms with Gasteiger partial charge in [0.2, 0.25) is 5.91 Å². The summed E-state index contributed by atoms with van der Waals surface area (Å²) in [6.07, 6.45) is 4.52. The summed E-state index contributed by atoms with van der Waals surface area (Å²) in [5.41, 5.74) is 6.84. The first-order chi connectivity index (χ1) is 9.58. The van der Waals surface area contributed by atoms with Crippen LogP contribution in [0.15, 0.2) is 18.2 Å². The number of benzene rings is 1. The monoisotopic (exact) mass is 278 g/mol.